The summed E-state index contributed by atoms with van der Waals surface area (Å²) in [4.78, 5) is 11.1. The fraction of sp³-hybridized carbons (Fsp3) is 0.462. The van der Waals surface area contributed by atoms with E-state index in [1.54, 1.807) is 12.1 Å². The molecule has 0 bridgehead atoms. The molecule has 1 aromatic carbocycles. The van der Waals surface area contributed by atoms with E-state index >= 15 is 0 Å². The summed E-state index contributed by atoms with van der Waals surface area (Å²) < 4.78 is 0. The summed E-state index contributed by atoms with van der Waals surface area (Å²) >= 11 is 11.9. The molecule has 0 heterocycles. The van der Waals surface area contributed by atoms with Crippen LogP contribution in [0.2, 0.25) is 10.0 Å². The number of aliphatic carboxylic acids is 1. The molecule has 2 rings (SSSR count). The first-order chi connectivity index (χ1) is 8.08. The van der Waals surface area contributed by atoms with Crippen molar-refractivity contribution >= 4 is 29.2 Å². The second-order valence-electron chi connectivity index (χ2n) is 4.58. The second kappa shape index (κ2) is 5.28. The molecule has 1 aliphatic rings. The first-order valence-electron chi connectivity index (χ1n) is 5.74. The molecule has 0 amide bonds. The molecule has 0 aliphatic heterocycles. The summed E-state index contributed by atoms with van der Waals surface area (Å²) in [6.07, 6.45) is 3.47. The van der Waals surface area contributed by atoms with Crippen LogP contribution in [0.1, 0.15) is 24.8 Å². The van der Waals surface area contributed by atoms with Gasteiger partial charge in [-0.25, -0.2) is 0 Å². The lowest BCUT2D eigenvalue weighted by atomic mass is 9.90. The average molecular weight is 273 g/mol. The molecular weight excluding hydrogens is 259 g/mol. The lowest BCUT2D eigenvalue weighted by molar-refractivity contribution is -0.142. The third kappa shape index (κ3) is 2.93. The van der Waals surface area contributed by atoms with Gasteiger partial charge in [0.2, 0.25) is 0 Å². The van der Waals surface area contributed by atoms with Gasteiger partial charge in [-0.2, -0.15) is 0 Å². The number of benzene rings is 1. The van der Waals surface area contributed by atoms with Crippen molar-refractivity contribution in [1.29, 1.82) is 0 Å². The van der Waals surface area contributed by atoms with E-state index < -0.39 is 5.97 Å². The Kier molecular flexibility index (Phi) is 3.95. The lowest BCUT2D eigenvalue weighted by Gasteiger charge is -2.16. The Balaban J connectivity index is 2.12. The van der Waals surface area contributed by atoms with E-state index in [1.807, 2.05) is 6.07 Å². The van der Waals surface area contributed by atoms with E-state index in [4.69, 9.17) is 28.3 Å². The summed E-state index contributed by atoms with van der Waals surface area (Å²) in [5.41, 5.74) is 0.995. The lowest BCUT2D eigenvalue weighted by Crippen LogP contribution is -2.20. The number of carboxylic acid groups (broad SMARTS) is 1. The Labute approximate surface area is 111 Å². The monoisotopic (exact) mass is 272 g/mol. The summed E-state index contributed by atoms with van der Waals surface area (Å²) in [5.74, 6) is -0.703. The summed E-state index contributed by atoms with van der Waals surface area (Å²) in [5, 5.41) is 10.4. The predicted octanol–water partition coefficient (Wildman–Crippen LogP) is 4.04. The standard InChI is InChI=1S/C13H14Cl2O2/c14-10-5-4-9(12(15)7-10)6-8-2-1-3-11(8)13(16)17/h4-5,7-8,11H,1-3,6H2,(H,16,17). The van der Waals surface area contributed by atoms with Crippen molar-refractivity contribution in [3.05, 3.63) is 33.8 Å². The highest BCUT2D eigenvalue weighted by atomic mass is 35.5. The molecule has 2 nitrogen and oxygen atoms in total. The molecule has 2 unspecified atom stereocenters. The third-order valence-corrected chi connectivity index (χ3v) is 4.06. The molecule has 17 heavy (non-hydrogen) atoms. The van der Waals surface area contributed by atoms with Gasteiger partial charge >= 0.3 is 5.97 Å². The Morgan fingerprint density at radius 2 is 2.12 bits per heavy atom. The van der Waals surface area contributed by atoms with Crippen LogP contribution in [0.4, 0.5) is 0 Å². The first-order valence-corrected chi connectivity index (χ1v) is 6.50. The van der Waals surface area contributed by atoms with Gasteiger partial charge < -0.3 is 5.11 Å². The fourth-order valence-corrected chi connectivity index (χ4v) is 3.06. The number of carbonyl (C=O) groups is 1. The predicted molar refractivity (Wildman–Crippen MR) is 68.6 cm³/mol. The normalized spacial score (nSPS) is 23.9. The van der Waals surface area contributed by atoms with Crippen LogP contribution in [0.25, 0.3) is 0 Å². The maximum atomic E-state index is 11.1. The van der Waals surface area contributed by atoms with Gasteiger partial charge in [-0.15, -0.1) is 0 Å². The largest absolute Gasteiger partial charge is 0.481 e. The van der Waals surface area contributed by atoms with Crippen molar-refractivity contribution in [2.24, 2.45) is 11.8 Å². The fourth-order valence-electron chi connectivity index (χ4n) is 2.58. The van der Waals surface area contributed by atoms with Crippen molar-refractivity contribution in [2.45, 2.75) is 25.7 Å². The molecule has 1 fully saturated rings. The van der Waals surface area contributed by atoms with Crippen LogP contribution >= 0.6 is 23.2 Å². The van der Waals surface area contributed by atoms with Crippen LogP contribution < -0.4 is 0 Å². The van der Waals surface area contributed by atoms with Crippen molar-refractivity contribution in [3.63, 3.8) is 0 Å². The molecule has 1 saturated carbocycles. The number of halogens is 2. The van der Waals surface area contributed by atoms with Gasteiger partial charge in [0, 0.05) is 10.0 Å². The molecule has 0 spiro atoms. The second-order valence-corrected chi connectivity index (χ2v) is 5.42. The summed E-state index contributed by atoms with van der Waals surface area (Å²) in [7, 11) is 0. The van der Waals surface area contributed by atoms with Crippen LogP contribution in [0.3, 0.4) is 0 Å². The maximum absolute atomic E-state index is 11.1. The van der Waals surface area contributed by atoms with Crippen LogP contribution in [0.15, 0.2) is 18.2 Å². The number of hydrogen-bond donors (Lipinski definition) is 1. The number of carboxylic acids is 1. The van der Waals surface area contributed by atoms with Crippen molar-refractivity contribution in [3.8, 4) is 0 Å². The Morgan fingerprint density at radius 3 is 2.76 bits per heavy atom. The molecule has 92 valence electrons. The molecule has 1 aliphatic carbocycles. The minimum atomic E-state index is -0.683. The van der Waals surface area contributed by atoms with Crippen LogP contribution in [-0.2, 0) is 11.2 Å². The van der Waals surface area contributed by atoms with E-state index in [2.05, 4.69) is 0 Å². The zero-order chi connectivity index (χ0) is 12.4. The van der Waals surface area contributed by atoms with Gasteiger partial charge in [-0.1, -0.05) is 35.7 Å². The van der Waals surface area contributed by atoms with Gasteiger partial charge in [-0.05, 0) is 42.9 Å². The zero-order valence-corrected chi connectivity index (χ0v) is 10.8. The first kappa shape index (κ1) is 12.7. The van der Waals surface area contributed by atoms with Gasteiger partial charge in [0.15, 0.2) is 0 Å². The minimum absolute atomic E-state index is 0.200. The van der Waals surface area contributed by atoms with Crippen molar-refractivity contribution in [1.82, 2.24) is 0 Å². The number of hydrogen-bond acceptors (Lipinski definition) is 1. The quantitative estimate of drug-likeness (QED) is 0.902. The van der Waals surface area contributed by atoms with E-state index in [-0.39, 0.29) is 11.8 Å². The Hall–Kier alpha value is -0.730. The topological polar surface area (TPSA) is 37.3 Å². The van der Waals surface area contributed by atoms with E-state index in [9.17, 15) is 4.79 Å². The van der Waals surface area contributed by atoms with Crippen molar-refractivity contribution in [2.75, 3.05) is 0 Å². The zero-order valence-electron chi connectivity index (χ0n) is 9.33. The molecule has 0 saturated heterocycles. The highest BCUT2D eigenvalue weighted by Gasteiger charge is 2.32. The summed E-state index contributed by atoms with van der Waals surface area (Å²) in [6, 6.07) is 5.40. The van der Waals surface area contributed by atoms with Gasteiger partial charge in [0.05, 0.1) is 5.92 Å². The van der Waals surface area contributed by atoms with E-state index in [1.165, 1.54) is 0 Å². The van der Waals surface area contributed by atoms with Gasteiger partial charge in [0.1, 0.15) is 0 Å². The van der Waals surface area contributed by atoms with Crippen molar-refractivity contribution < 1.29 is 9.90 Å². The van der Waals surface area contributed by atoms with E-state index in [0.29, 0.717) is 10.0 Å². The Bertz CT molecular complexity index is 431. The Morgan fingerprint density at radius 1 is 1.35 bits per heavy atom. The molecular formula is C13H14Cl2O2. The minimum Gasteiger partial charge on any atom is -0.481 e. The van der Waals surface area contributed by atoms with Gasteiger partial charge in [0.25, 0.3) is 0 Å². The SMILES string of the molecule is O=C(O)C1CCCC1Cc1ccc(Cl)cc1Cl. The molecule has 0 radical (unpaired) electrons. The summed E-state index contributed by atoms with van der Waals surface area (Å²) in [6.45, 7) is 0. The third-order valence-electron chi connectivity index (χ3n) is 3.47. The van der Waals surface area contributed by atoms with E-state index in [0.717, 1.165) is 31.2 Å². The maximum Gasteiger partial charge on any atom is 0.306 e. The smallest absolute Gasteiger partial charge is 0.306 e. The molecule has 2 atom stereocenters. The van der Waals surface area contributed by atoms with Crippen LogP contribution in [0, 0.1) is 11.8 Å². The average Bonchev–Trinajstić information content (AvgIpc) is 2.70. The number of rotatable bonds is 3. The molecule has 4 heteroatoms. The van der Waals surface area contributed by atoms with Crippen LogP contribution in [0.5, 0.6) is 0 Å². The molecule has 1 aromatic rings. The highest BCUT2D eigenvalue weighted by molar-refractivity contribution is 6.35. The highest BCUT2D eigenvalue weighted by Crippen LogP contribution is 2.36. The molecule has 0 aromatic heterocycles. The van der Waals surface area contributed by atoms with Crippen LogP contribution in [-0.4, -0.2) is 11.1 Å². The molecule has 1 N–H and O–H groups in total. The van der Waals surface area contributed by atoms with Gasteiger partial charge in [-0.3, -0.25) is 4.79 Å².